The maximum Gasteiger partial charge on any atom is 0.311 e. The third-order valence-corrected chi connectivity index (χ3v) is 5.00. The van der Waals surface area contributed by atoms with E-state index in [1.807, 2.05) is 40.1 Å². The van der Waals surface area contributed by atoms with Crippen LogP contribution in [0.25, 0.3) is 0 Å². The molecule has 3 unspecified atom stereocenters. The summed E-state index contributed by atoms with van der Waals surface area (Å²) in [5.74, 6) is -4.78. The maximum absolute atomic E-state index is 12.9. The highest BCUT2D eigenvalue weighted by atomic mass is 16.7. The predicted octanol–water partition coefficient (Wildman–Crippen LogP) is 1.58. The van der Waals surface area contributed by atoms with Gasteiger partial charge in [-0.05, 0) is 17.3 Å². The Kier molecular flexibility index (Phi) is 9.80. The molecule has 1 rings (SSSR count). The molecule has 0 aromatic carbocycles. The third kappa shape index (κ3) is 8.77. The molecule has 9 nitrogen and oxygen atoms in total. The first kappa shape index (κ1) is 26.7. The summed E-state index contributed by atoms with van der Waals surface area (Å²) in [7, 11) is 0. The lowest BCUT2D eigenvalue weighted by atomic mass is 9.88. The quantitative estimate of drug-likeness (QED) is 0.390. The lowest BCUT2D eigenvalue weighted by molar-refractivity contribution is -0.158. The predicted molar refractivity (Wildman–Crippen MR) is 112 cm³/mol. The van der Waals surface area contributed by atoms with Crippen molar-refractivity contribution in [3.8, 4) is 0 Å². The van der Waals surface area contributed by atoms with E-state index in [2.05, 4.69) is 5.32 Å². The van der Waals surface area contributed by atoms with Crippen molar-refractivity contribution in [2.75, 3.05) is 13.2 Å². The molecule has 1 aliphatic rings. The fourth-order valence-electron chi connectivity index (χ4n) is 3.09. The van der Waals surface area contributed by atoms with Crippen LogP contribution in [0.5, 0.6) is 0 Å². The third-order valence-electron chi connectivity index (χ3n) is 5.00. The van der Waals surface area contributed by atoms with Gasteiger partial charge in [0.2, 0.25) is 11.7 Å². The van der Waals surface area contributed by atoms with Gasteiger partial charge in [-0.25, -0.2) is 5.48 Å². The van der Waals surface area contributed by atoms with Crippen molar-refractivity contribution in [3.05, 3.63) is 0 Å². The van der Waals surface area contributed by atoms with E-state index in [1.165, 1.54) is 0 Å². The van der Waals surface area contributed by atoms with E-state index in [9.17, 15) is 24.0 Å². The summed E-state index contributed by atoms with van der Waals surface area (Å²) in [6, 6.07) is -0.850. The Balaban J connectivity index is 2.80. The minimum Gasteiger partial charge on any atom is -0.465 e. The molecule has 3 atom stereocenters. The summed E-state index contributed by atoms with van der Waals surface area (Å²) in [6.45, 7) is 13.2. The van der Waals surface area contributed by atoms with Crippen LogP contribution in [0.2, 0.25) is 0 Å². The van der Waals surface area contributed by atoms with Gasteiger partial charge >= 0.3 is 11.9 Å². The zero-order valence-electron chi connectivity index (χ0n) is 19.6. The molecule has 0 bridgehead atoms. The van der Waals surface area contributed by atoms with Crippen LogP contribution in [0.15, 0.2) is 0 Å². The zero-order valence-corrected chi connectivity index (χ0v) is 19.6. The summed E-state index contributed by atoms with van der Waals surface area (Å²) in [5, 5.41) is 2.74. The standard InChI is InChI=1S/C22H36N2O7/c1-12(2)15(9-17(26)30-11-22(5,6)7)20(28)23-18(13(3)4)16(25)8-14-10-31-24-21(29)19(14)27/h12-15,18H,8-11H2,1-7H3,(H,23,28)(H,24,29). The molecule has 0 saturated carbocycles. The molecule has 176 valence electrons. The Bertz CT molecular complexity index is 694. The summed E-state index contributed by atoms with van der Waals surface area (Å²) in [4.78, 5) is 66.2. The van der Waals surface area contributed by atoms with Crippen molar-refractivity contribution in [2.24, 2.45) is 29.1 Å². The highest BCUT2D eigenvalue weighted by Crippen LogP contribution is 2.20. The molecular weight excluding hydrogens is 404 g/mol. The van der Waals surface area contributed by atoms with Gasteiger partial charge in [-0.15, -0.1) is 0 Å². The van der Waals surface area contributed by atoms with Gasteiger partial charge in [0.05, 0.1) is 37.5 Å². The molecule has 0 radical (unpaired) electrons. The Morgan fingerprint density at radius 1 is 1.13 bits per heavy atom. The minimum absolute atomic E-state index is 0.0896. The van der Waals surface area contributed by atoms with E-state index in [0.717, 1.165) is 0 Å². The minimum atomic E-state index is -0.886. The number of ketones is 2. The first-order valence-electron chi connectivity index (χ1n) is 10.7. The highest BCUT2D eigenvalue weighted by Gasteiger charge is 2.36. The Labute approximate surface area is 183 Å². The number of ether oxygens (including phenoxy) is 1. The monoisotopic (exact) mass is 440 g/mol. The molecule has 1 fully saturated rings. The van der Waals surface area contributed by atoms with Crippen LogP contribution >= 0.6 is 0 Å². The van der Waals surface area contributed by atoms with Crippen molar-refractivity contribution in [1.29, 1.82) is 0 Å². The Hall–Kier alpha value is -2.29. The summed E-state index contributed by atoms with van der Waals surface area (Å²) < 4.78 is 5.28. The van der Waals surface area contributed by atoms with Crippen molar-refractivity contribution in [2.45, 2.75) is 67.3 Å². The van der Waals surface area contributed by atoms with Gasteiger partial charge in [0.25, 0.3) is 0 Å². The van der Waals surface area contributed by atoms with Crippen molar-refractivity contribution >= 4 is 29.4 Å². The number of hydroxylamine groups is 1. The van der Waals surface area contributed by atoms with Crippen LogP contribution in [0.1, 0.15) is 61.3 Å². The number of amides is 2. The smallest absolute Gasteiger partial charge is 0.311 e. The average molecular weight is 441 g/mol. The van der Waals surface area contributed by atoms with Crippen LogP contribution in [0.4, 0.5) is 0 Å². The molecule has 0 aliphatic carbocycles. The largest absolute Gasteiger partial charge is 0.465 e. The van der Waals surface area contributed by atoms with Gasteiger partial charge in [0, 0.05) is 6.42 Å². The van der Waals surface area contributed by atoms with Gasteiger partial charge in [-0.3, -0.25) is 28.8 Å². The fourth-order valence-corrected chi connectivity index (χ4v) is 3.09. The number of Topliss-reactive ketones (excluding diaryl/α,β-unsaturated/α-hetero) is 2. The molecule has 1 aliphatic heterocycles. The molecule has 9 heteroatoms. The van der Waals surface area contributed by atoms with Gasteiger partial charge < -0.3 is 10.1 Å². The van der Waals surface area contributed by atoms with E-state index >= 15 is 0 Å². The lowest BCUT2D eigenvalue weighted by Crippen LogP contribution is -2.50. The van der Waals surface area contributed by atoms with E-state index in [-0.39, 0.29) is 49.1 Å². The van der Waals surface area contributed by atoms with Gasteiger partial charge in [-0.2, -0.15) is 0 Å². The van der Waals surface area contributed by atoms with Crippen LogP contribution in [0, 0.1) is 29.1 Å². The fraction of sp³-hybridized carbons (Fsp3) is 0.773. The molecule has 0 spiro atoms. The first-order valence-corrected chi connectivity index (χ1v) is 10.7. The van der Waals surface area contributed by atoms with E-state index in [1.54, 1.807) is 13.8 Å². The molecule has 2 N–H and O–H groups in total. The summed E-state index contributed by atoms with van der Waals surface area (Å²) in [5.41, 5.74) is 1.79. The molecule has 1 saturated heterocycles. The molecule has 1 heterocycles. The topological polar surface area (TPSA) is 128 Å². The second-order valence-electron chi connectivity index (χ2n) is 9.98. The number of nitrogens with one attached hydrogen (secondary N) is 2. The van der Waals surface area contributed by atoms with Crippen molar-refractivity contribution in [1.82, 2.24) is 10.8 Å². The number of hydrogen-bond acceptors (Lipinski definition) is 7. The number of esters is 1. The molecule has 0 aromatic rings. The maximum atomic E-state index is 12.9. The highest BCUT2D eigenvalue weighted by molar-refractivity contribution is 6.37. The normalized spacial score (nSPS) is 19.1. The number of hydrogen-bond donors (Lipinski definition) is 2. The molecule has 31 heavy (non-hydrogen) atoms. The van der Waals surface area contributed by atoms with Gasteiger partial charge in [-0.1, -0.05) is 48.5 Å². The number of rotatable bonds is 10. The van der Waals surface area contributed by atoms with Crippen LogP contribution in [-0.4, -0.2) is 48.6 Å². The Morgan fingerprint density at radius 2 is 1.74 bits per heavy atom. The summed E-state index contributed by atoms with van der Waals surface area (Å²) >= 11 is 0. The second kappa shape index (κ2) is 11.4. The number of carbonyl (C=O) groups excluding carboxylic acids is 5. The second-order valence-corrected chi connectivity index (χ2v) is 9.98. The molecule has 0 aromatic heterocycles. The van der Waals surface area contributed by atoms with E-state index < -0.39 is 41.4 Å². The Morgan fingerprint density at radius 3 is 2.26 bits per heavy atom. The first-order chi connectivity index (χ1) is 14.2. The van der Waals surface area contributed by atoms with Crippen molar-refractivity contribution in [3.63, 3.8) is 0 Å². The van der Waals surface area contributed by atoms with Crippen LogP contribution < -0.4 is 10.8 Å². The SMILES string of the molecule is CC(C)C(CC(=O)OCC(C)(C)C)C(=O)NC(C(=O)CC1CONC(=O)C1=O)C(C)C. The van der Waals surface area contributed by atoms with E-state index in [0.29, 0.717) is 0 Å². The summed E-state index contributed by atoms with van der Waals surface area (Å²) in [6.07, 6.45) is -0.303. The van der Waals surface area contributed by atoms with E-state index in [4.69, 9.17) is 9.57 Å². The molecule has 2 amide bonds. The lowest BCUT2D eigenvalue weighted by Gasteiger charge is -2.28. The average Bonchev–Trinajstić information content (AvgIpc) is 2.64. The van der Waals surface area contributed by atoms with Crippen molar-refractivity contribution < 1.29 is 33.5 Å². The molecular formula is C22H36N2O7. The van der Waals surface area contributed by atoms with Gasteiger partial charge in [0.1, 0.15) is 0 Å². The number of carbonyl (C=O) groups is 5. The van der Waals surface area contributed by atoms with Crippen LogP contribution in [0.3, 0.4) is 0 Å². The zero-order chi connectivity index (χ0) is 23.9. The van der Waals surface area contributed by atoms with Crippen LogP contribution in [-0.2, 0) is 33.5 Å². The van der Waals surface area contributed by atoms with Gasteiger partial charge in [0.15, 0.2) is 5.78 Å².